The molecule has 0 saturated heterocycles. The van der Waals surface area contributed by atoms with Crippen molar-refractivity contribution in [1.29, 1.82) is 0 Å². The molecule has 102 valence electrons. The zero-order valence-electron chi connectivity index (χ0n) is 10.8. The Hall–Kier alpha value is -2.76. The molecule has 4 N–H and O–H groups in total. The van der Waals surface area contributed by atoms with E-state index in [2.05, 4.69) is 27.5 Å². The number of amides is 1. The van der Waals surface area contributed by atoms with Crippen molar-refractivity contribution in [1.82, 2.24) is 14.8 Å². The van der Waals surface area contributed by atoms with E-state index < -0.39 is 5.91 Å². The molecule has 0 fully saturated rings. The number of anilines is 1. The molecule has 0 aliphatic carbocycles. The van der Waals surface area contributed by atoms with E-state index in [1.165, 1.54) is 15.6 Å². The summed E-state index contributed by atoms with van der Waals surface area (Å²) in [4.78, 5) is 14.0. The fourth-order valence-electron chi connectivity index (χ4n) is 2.20. The van der Waals surface area contributed by atoms with Gasteiger partial charge in [-0.3, -0.25) is 9.48 Å². The lowest BCUT2D eigenvalue weighted by Crippen LogP contribution is -2.18. The summed E-state index contributed by atoms with van der Waals surface area (Å²) in [6.07, 6.45) is 5.37. The van der Waals surface area contributed by atoms with Crippen LogP contribution in [-0.4, -0.2) is 20.7 Å². The number of carbonyl (C=O) groups excluding carboxylic acids is 1. The Kier molecular flexibility index (Phi) is 3.12. The summed E-state index contributed by atoms with van der Waals surface area (Å²) < 4.78 is 1.51. The number of nitrogens with one attached hydrogen (secondary N) is 2. The number of hydrogen-bond donors (Lipinski definition) is 3. The second-order valence-corrected chi connectivity index (χ2v) is 4.61. The molecule has 0 aliphatic rings. The number of hydrogen-bond acceptors (Lipinski definition) is 3. The van der Waals surface area contributed by atoms with Gasteiger partial charge in [0, 0.05) is 18.9 Å². The molecule has 6 heteroatoms. The van der Waals surface area contributed by atoms with E-state index in [1.54, 1.807) is 12.4 Å². The first kappa shape index (κ1) is 12.3. The quantitative estimate of drug-likeness (QED) is 0.655. The molecule has 0 saturated carbocycles. The maximum absolute atomic E-state index is 10.8. The van der Waals surface area contributed by atoms with E-state index in [1.807, 2.05) is 18.3 Å². The molecule has 0 bridgehead atoms. The van der Waals surface area contributed by atoms with Crippen LogP contribution < -0.4 is 11.1 Å². The standard InChI is InChI=1S/C14H15N5O/c15-13(20)9-19-8-12(7-18-19)17-6-11-3-1-2-10-4-5-16-14(10)11/h1-5,7-8,16-17H,6,9H2,(H2,15,20). The SMILES string of the molecule is NC(=O)Cn1cc(NCc2cccc3cc[nH]c23)cn1. The molecular formula is C14H15N5O. The molecular weight excluding hydrogens is 254 g/mol. The van der Waals surface area contributed by atoms with Crippen LogP contribution in [0, 0.1) is 0 Å². The van der Waals surface area contributed by atoms with Gasteiger partial charge >= 0.3 is 0 Å². The zero-order valence-corrected chi connectivity index (χ0v) is 10.8. The van der Waals surface area contributed by atoms with Crippen molar-refractivity contribution in [2.45, 2.75) is 13.1 Å². The monoisotopic (exact) mass is 269 g/mol. The molecule has 0 radical (unpaired) electrons. The Balaban J connectivity index is 1.71. The molecule has 2 heterocycles. The summed E-state index contributed by atoms with van der Waals surface area (Å²) in [5, 5.41) is 8.54. The van der Waals surface area contributed by atoms with Crippen molar-refractivity contribution in [3.05, 3.63) is 48.4 Å². The Morgan fingerprint density at radius 2 is 2.30 bits per heavy atom. The number of primary amides is 1. The summed E-state index contributed by atoms with van der Waals surface area (Å²) in [5.41, 5.74) is 8.29. The van der Waals surface area contributed by atoms with Gasteiger partial charge in [-0.25, -0.2) is 0 Å². The summed E-state index contributed by atoms with van der Waals surface area (Å²) in [7, 11) is 0. The van der Waals surface area contributed by atoms with Crippen molar-refractivity contribution >= 4 is 22.5 Å². The maximum atomic E-state index is 10.8. The third-order valence-corrected chi connectivity index (χ3v) is 3.11. The first-order valence-corrected chi connectivity index (χ1v) is 6.32. The number of aromatic amines is 1. The number of para-hydroxylation sites is 1. The molecule has 0 aliphatic heterocycles. The van der Waals surface area contributed by atoms with Crippen molar-refractivity contribution in [3.8, 4) is 0 Å². The van der Waals surface area contributed by atoms with Crippen LogP contribution in [0.3, 0.4) is 0 Å². The highest BCUT2D eigenvalue weighted by molar-refractivity contribution is 5.82. The summed E-state index contributed by atoms with van der Waals surface area (Å²) in [5.74, 6) is -0.407. The predicted octanol–water partition coefficient (Wildman–Crippen LogP) is 1.46. The fraction of sp³-hybridized carbons (Fsp3) is 0.143. The van der Waals surface area contributed by atoms with Crippen LogP contribution >= 0.6 is 0 Å². The van der Waals surface area contributed by atoms with E-state index >= 15 is 0 Å². The van der Waals surface area contributed by atoms with Crippen molar-refractivity contribution in [3.63, 3.8) is 0 Å². The van der Waals surface area contributed by atoms with Crippen LogP contribution in [0.15, 0.2) is 42.9 Å². The minimum atomic E-state index is -0.407. The second kappa shape index (κ2) is 5.08. The van der Waals surface area contributed by atoms with Gasteiger partial charge in [-0.2, -0.15) is 5.10 Å². The number of aromatic nitrogens is 3. The highest BCUT2D eigenvalue weighted by atomic mass is 16.1. The highest BCUT2D eigenvalue weighted by Gasteiger charge is 2.04. The largest absolute Gasteiger partial charge is 0.378 e. The van der Waals surface area contributed by atoms with Crippen LogP contribution in [0.25, 0.3) is 10.9 Å². The number of rotatable bonds is 5. The van der Waals surface area contributed by atoms with Crippen LogP contribution in [0.4, 0.5) is 5.69 Å². The van der Waals surface area contributed by atoms with Gasteiger partial charge in [0.2, 0.25) is 5.91 Å². The molecule has 0 spiro atoms. The number of nitrogens with zero attached hydrogens (tertiary/aromatic N) is 2. The molecule has 6 nitrogen and oxygen atoms in total. The molecule has 2 aromatic heterocycles. The van der Waals surface area contributed by atoms with Gasteiger partial charge in [-0.15, -0.1) is 0 Å². The van der Waals surface area contributed by atoms with Crippen LogP contribution in [0.5, 0.6) is 0 Å². The van der Waals surface area contributed by atoms with Gasteiger partial charge in [0.1, 0.15) is 6.54 Å². The molecule has 3 aromatic rings. The lowest BCUT2D eigenvalue weighted by molar-refractivity contribution is -0.118. The van der Waals surface area contributed by atoms with Crippen molar-refractivity contribution < 1.29 is 4.79 Å². The van der Waals surface area contributed by atoms with E-state index in [0.29, 0.717) is 6.54 Å². The first-order valence-electron chi connectivity index (χ1n) is 6.32. The van der Waals surface area contributed by atoms with E-state index in [0.717, 1.165) is 11.2 Å². The maximum Gasteiger partial charge on any atom is 0.239 e. The zero-order chi connectivity index (χ0) is 13.9. The van der Waals surface area contributed by atoms with Gasteiger partial charge in [0.05, 0.1) is 17.4 Å². The number of fused-ring (bicyclic) bond motifs is 1. The van der Waals surface area contributed by atoms with Gasteiger partial charge in [-0.1, -0.05) is 18.2 Å². The molecule has 1 aromatic carbocycles. The lowest BCUT2D eigenvalue weighted by atomic mass is 10.1. The highest BCUT2D eigenvalue weighted by Crippen LogP contribution is 2.18. The molecule has 3 rings (SSSR count). The third kappa shape index (κ3) is 2.49. The van der Waals surface area contributed by atoms with Crippen LogP contribution in [-0.2, 0) is 17.9 Å². The van der Waals surface area contributed by atoms with Crippen molar-refractivity contribution in [2.24, 2.45) is 5.73 Å². The molecule has 0 atom stereocenters. The van der Waals surface area contributed by atoms with Crippen LogP contribution in [0.1, 0.15) is 5.56 Å². The predicted molar refractivity (Wildman–Crippen MR) is 77.0 cm³/mol. The summed E-state index contributed by atoms with van der Waals surface area (Å²) in [6, 6.07) is 8.22. The van der Waals surface area contributed by atoms with Gasteiger partial charge in [0.25, 0.3) is 0 Å². The Morgan fingerprint density at radius 1 is 1.40 bits per heavy atom. The molecule has 1 amide bonds. The smallest absolute Gasteiger partial charge is 0.239 e. The summed E-state index contributed by atoms with van der Waals surface area (Å²) >= 11 is 0. The first-order chi connectivity index (χ1) is 9.72. The number of carbonyl (C=O) groups is 1. The Labute approximate surface area is 115 Å². The second-order valence-electron chi connectivity index (χ2n) is 4.61. The number of benzene rings is 1. The third-order valence-electron chi connectivity index (χ3n) is 3.11. The number of H-pyrrole nitrogens is 1. The van der Waals surface area contributed by atoms with Gasteiger partial charge < -0.3 is 16.0 Å². The van der Waals surface area contributed by atoms with Gasteiger partial charge in [0.15, 0.2) is 0 Å². The van der Waals surface area contributed by atoms with E-state index in [4.69, 9.17) is 5.73 Å². The average molecular weight is 269 g/mol. The van der Waals surface area contributed by atoms with Crippen LogP contribution in [0.2, 0.25) is 0 Å². The minimum Gasteiger partial charge on any atom is -0.378 e. The van der Waals surface area contributed by atoms with E-state index in [-0.39, 0.29) is 6.54 Å². The molecule has 20 heavy (non-hydrogen) atoms. The number of nitrogens with two attached hydrogens (primary N) is 1. The minimum absolute atomic E-state index is 0.0912. The topological polar surface area (TPSA) is 88.7 Å². The fourth-order valence-corrected chi connectivity index (χ4v) is 2.20. The van der Waals surface area contributed by atoms with Gasteiger partial charge in [-0.05, 0) is 17.0 Å². The lowest BCUT2D eigenvalue weighted by Gasteiger charge is -2.05. The Morgan fingerprint density at radius 3 is 3.15 bits per heavy atom. The molecule has 0 unspecified atom stereocenters. The Bertz CT molecular complexity index is 743. The van der Waals surface area contributed by atoms with Crippen molar-refractivity contribution in [2.75, 3.05) is 5.32 Å². The van der Waals surface area contributed by atoms with E-state index in [9.17, 15) is 4.79 Å². The summed E-state index contributed by atoms with van der Waals surface area (Å²) in [6.45, 7) is 0.772. The average Bonchev–Trinajstić information content (AvgIpc) is 3.04. The normalized spacial score (nSPS) is 10.8.